The summed E-state index contributed by atoms with van der Waals surface area (Å²) in [6, 6.07) is 13.0. The Balaban J connectivity index is 2.13. The Morgan fingerprint density at radius 3 is 2.78 bits per heavy atom. The number of furan rings is 1. The van der Waals surface area contributed by atoms with Crippen molar-refractivity contribution in [3.05, 3.63) is 59.5 Å². The molecule has 2 heteroatoms. The van der Waals surface area contributed by atoms with Crippen molar-refractivity contribution in [1.82, 2.24) is 5.32 Å². The first-order chi connectivity index (χ1) is 8.79. The first-order valence-corrected chi connectivity index (χ1v) is 6.62. The van der Waals surface area contributed by atoms with E-state index in [2.05, 4.69) is 43.4 Å². The van der Waals surface area contributed by atoms with Crippen LogP contribution < -0.4 is 5.32 Å². The van der Waals surface area contributed by atoms with E-state index in [1.165, 1.54) is 11.1 Å². The van der Waals surface area contributed by atoms with E-state index in [1.54, 1.807) is 6.26 Å². The van der Waals surface area contributed by atoms with Gasteiger partial charge in [-0.15, -0.1) is 0 Å². The monoisotopic (exact) mass is 243 g/mol. The van der Waals surface area contributed by atoms with Crippen molar-refractivity contribution in [1.29, 1.82) is 0 Å². The second-order valence-electron chi connectivity index (χ2n) is 4.70. The number of nitrogens with one attached hydrogen (secondary N) is 1. The zero-order valence-corrected chi connectivity index (χ0v) is 11.1. The van der Waals surface area contributed by atoms with Crippen molar-refractivity contribution >= 4 is 0 Å². The van der Waals surface area contributed by atoms with Crippen LogP contribution in [0.25, 0.3) is 0 Å². The first kappa shape index (κ1) is 12.9. The highest BCUT2D eigenvalue weighted by atomic mass is 16.3. The van der Waals surface area contributed by atoms with E-state index in [9.17, 15) is 0 Å². The molecule has 0 aliphatic heterocycles. The summed E-state index contributed by atoms with van der Waals surface area (Å²) in [5.41, 5.74) is 2.63. The maximum Gasteiger partial charge on any atom is 0.105 e. The molecule has 0 fully saturated rings. The van der Waals surface area contributed by atoms with E-state index < -0.39 is 0 Å². The fraction of sp³-hybridized carbons (Fsp3) is 0.375. The molecule has 0 bridgehead atoms. The van der Waals surface area contributed by atoms with Gasteiger partial charge in [-0.3, -0.25) is 0 Å². The minimum atomic E-state index is 0.330. The lowest BCUT2D eigenvalue weighted by Crippen LogP contribution is -2.24. The molecule has 1 aromatic carbocycles. The number of benzene rings is 1. The SMILES string of the molecule is CCCNC(Cc1ccco1)c1cccc(C)c1. The van der Waals surface area contributed by atoms with Gasteiger partial charge in [0.05, 0.1) is 6.26 Å². The summed E-state index contributed by atoms with van der Waals surface area (Å²) < 4.78 is 5.46. The number of hydrogen-bond donors (Lipinski definition) is 1. The molecule has 0 saturated heterocycles. The molecular weight excluding hydrogens is 222 g/mol. The number of aryl methyl sites for hydroxylation is 1. The van der Waals surface area contributed by atoms with Gasteiger partial charge in [-0.25, -0.2) is 0 Å². The zero-order valence-electron chi connectivity index (χ0n) is 11.1. The van der Waals surface area contributed by atoms with Crippen molar-refractivity contribution in [3.8, 4) is 0 Å². The highest BCUT2D eigenvalue weighted by Crippen LogP contribution is 2.19. The summed E-state index contributed by atoms with van der Waals surface area (Å²) in [7, 11) is 0. The van der Waals surface area contributed by atoms with E-state index in [0.717, 1.165) is 25.1 Å². The average molecular weight is 243 g/mol. The van der Waals surface area contributed by atoms with Crippen LogP contribution in [0.15, 0.2) is 47.1 Å². The fourth-order valence-corrected chi connectivity index (χ4v) is 2.14. The van der Waals surface area contributed by atoms with Gasteiger partial charge in [0.15, 0.2) is 0 Å². The molecule has 0 saturated carbocycles. The summed E-state index contributed by atoms with van der Waals surface area (Å²) >= 11 is 0. The Bertz CT molecular complexity index is 462. The van der Waals surface area contributed by atoms with Crippen LogP contribution in [0.2, 0.25) is 0 Å². The van der Waals surface area contributed by atoms with Crippen LogP contribution in [0, 0.1) is 6.92 Å². The van der Waals surface area contributed by atoms with E-state index in [1.807, 2.05) is 12.1 Å². The third-order valence-corrected chi connectivity index (χ3v) is 3.07. The molecule has 0 amide bonds. The number of rotatable bonds is 6. The fourth-order valence-electron chi connectivity index (χ4n) is 2.14. The van der Waals surface area contributed by atoms with Crippen molar-refractivity contribution in [2.45, 2.75) is 32.7 Å². The second-order valence-corrected chi connectivity index (χ2v) is 4.70. The van der Waals surface area contributed by atoms with Crippen molar-refractivity contribution in [3.63, 3.8) is 0 Å². The minimum absolute atomic E-state index is 0.330. The van der Waals surface area contributed by atoms with Crippen LogP contribution >= 0.6 is 0 Å². The zero-order chi connectivity index (χ0) is 12.8. The molecule has 18 heavy (non-hydrogen) atoms. The van der Waals surface area contributed by atoms with Crippen molar-refractivity contribution < 1.29 is 4.42 Å². The van der Waals surface area contributed by atoms with Crippen LogP contribution in [0.5, 0.6) is 0 Å². The molecule has 2 rings (SSSR count). The maximum atomic E-state index is 5.46. The Hall–Kier alpha value is -1.54. The van der Waals surface area contributed by atoms with E-state index in [-0.39, 0.29) is 0 Å². The van der Waals surface area contributed by atoms with Gasteiger partial charge in [0.25, 0.3) is 0 Å². The third-order valence-electron chi connectivity index (χ3n) is 3.07. The molecule has 1 atom stereocenters. The largest absolute Gasteiger partial charge is 0.469 e. The van der Waals surface area contributed by atoms with Crippen LogP contribution in [0.1, 0.15) is 36.3 Å². The summed E-state index contributed by atoms with van der Waals surface area (Å²) in [6.07, 6.45) is 3.78. The second kappa shape index (κ2) is 6.41. The molecule has 0 aliphatic rings. The van der Waals surface area contributed by atoms with Crippen LogP contribution in [-0.4, -0.2) is 6.54 Å². The highest BCUT2D eigenvalue weighted by molar-refractivity contribution is 5.26. The van der Waals surface area contributed by atoms with Gasteiger partial charge in [-0.1, -0.05) is 36.8 Å². The predicted octanol–water partition coefficient (Wildman–Crippen LogP) is 3.87. The molecule has 1 aromatic heterocycles. The summed E-state index contributed by atoms with van der Waals surface area (Å²) in [5, 5.41) is 3.59. The van der Waals surface area contributed by atoms with E-state index >= 15 is 0 Å². The molecular formula is C16H21NO. The molecule has 2 aromatic rings. The normalized spacial score (nSPS) is 12.6. The summed E-state index contributed by atoms with van der Waals surface area (Å²) in [5.74, 6) is 1.03. The molecule has 0 radical (unpaired) electrons. The van der Waals surface area contributed by atoms with Crippen LogP contribution in [0.4, 0.5) is 0 Å². The van der Waals surface area contributed by atoms with Gasteiger partial charge in [0.2, 0.25) is 0 Å². The Labute approximate surface area is 109 Å². The van der Waals surface area contributed by atoms with E-state index in [0.29, 0.717) is 6.04 Å². The molecule has 2 nitrogen and oxygen atoms in total. The molecule has 96 valence electrons. The Kier molecular flexibility index (Phi) is 4.59. The Morgan fingerprint density at radius 1 is 1.22 bits per heavy atom. The van der Waals surface area contributed by atoms with Crippen LogP contribution in [-0.2, 0) is 6.42 Å². The topological polar surface area (TPSA) is 25.2 Å². The van der Waals surface area contributed by atoms with Gasteiger partial charge >= 0.3 is 0 Å². The van der Waals surface area contributed by atoms with Gasteiger partial charge < -0.3 is 9.73 Å². The molecule has 0 aliphatic carbocycles. The molecule has 1 N–H and O–H groups in total. The van der Waals surface area contributed by atoms with Gasteiger partial charge in [-0.2, -0.15) is 0 Å². The number of hydrogen-bond acceptors (Lipinski definition) is 2. The minimum Gasteiger partial charge on any atom is -0.469 e. The lowest BCUT2D eigenvalue weighted by molar-refractivity contribution is 0.449. The van der Waals surface area contributed by atoms with Gasteiger partial charge in [-0.05, 0) is 37.6 Å². The van der Waals surface area contributed by atoms with Gasteiger partial charge in [0.1, 0.15) is 5.76 Å². The predicted molar refractivity (Wildman–Crippen MR) is 74.6 cm³/mol. The quantitative estimate of drug-likeness (QED) is 0.833. The third kappa shape index (κ3) is 3.47. The molecule has 1 unspecified atom stereocenters. The molecule has 1 heterocycles. The molecule has 0 spiro atoms. The Morgan fingerprint density at radius 2 is 2.11 bits per heavy atom. The first-order valence-electron chi connectivity index (χ1n) is 6.62. The van der Waals surface area contributed by atoms with E-state index in [4.69, 9.17) is 4.42 Å². The van der Waals surface area contributed by atoms with Crippen molar-refractivity contribution in [2.75, 3.05) is 6.54 Å². The lowest BCUT2D eigenvalue weighted by atomic mass is 10.0. The average Bonchev–Trinajstić information content (AvgIpc) is 2.87. The van der Waals surface area contributed by atoms with Crippen LogP contribution in [0.3, 0.4) is 0 Å². The van der Waals surface area contributed by atoms with Gasteiger partial charge in [0, 0.05) is 12.5 Å². The lowest BCUT2D eigenvalue weighted by Gasteiger charge is -2.18. The maximum absolute atomic E-state index is 5.46. The standard InChI is InChI=1S/C16H21NO/c1-3-9-17-16(12-15-8-5-10-18-15)14-7-4-6-13(2)11-14/h4-8,10-11,16-17H,3,9,12H2,1-2H3. The summed E-state index contributed by atoms with van der Waals surface area (Å²) in [4.78, 5) is 0. The smallest absolute Gasteiger partial charge is 0.105 e. The highest BCUT2D eigenvalue weighted by Gasteiger charge is 2.12. The van der Waals surface area contributed by atoms with Crippen molar-refractivity contribution in [2.24, 2.45) is 0 Å². The summed E-state index contributed by atoms with van der Waals surface area (Å²) in [6.45, 7) is 5.35.